The van der Waals surface area contributed by atoms with Crippen molar-refractivity contribution in [2.75, 3.05) is 25.2 Å². The molecule has 7 nitrogen and oxygen atoms in total. The number of rotatable bonds is 5. The van der Waals surface area contributed by atoms with E-state index in [1.807, 2.05) is 0 Å². The van der Waals surface area contributed by atoms with Crippen molar-refractivity contribution in [1.82, 2.24) is 4.90 Å². The number of carboxylic acids is 1. The van der Waals surface area contributed by atoms with Crippen molar-refractivity contribution >= 4 is 33.1 Å². The van der Waals surface area contributed by atoms with Crippen molar-refractivity contribution in [3.05, 3.63) is 16.3 Å². The highest BCUT2D eigenvalue weighted by molar-refractivity contribution is 7.91. The minimum Gasteiger partial charge on any atom is -0.496 e. The van der Waals surface area contributed by atoms with Crippen LogP contribution in [0.2, 0.25) is 0 Å². The number of nitrogens with zero attached hydrogens (tertiary/aromatic N) is 1. The highest BCUT2D eigenvalue weighted by Gasteiger charge is 2.36. The molecule has 1 N–H and O–H groups in total. The third kappa shape index (κ3) is 3.73. The number of thiophene rings is 1. The van der Waals surface area contributed by atoms with E-state index in [-0.39, 0.29) is 17.9 Å². The molecule has 1 aliphatic heterocycles. The van der Waals surface area contributed by atoms with Crippen LogP contribution in [0.25, 0.3) is 0 Å². The predicted octanol–water partition coefficient (Wildman–Crippen LogP) is 0.471. The monoisotopic (exact) mass is 333 g/mol. The van der Waals surface area contributed by atoms with Crippen molar-refractivity contribution in [2.24, 2.45) is 0 Å². The second-order valence-electron chi connectivity index (χ2n) is 4.73. The first-order chi connectivity index (χ1) is 9.82. The van der Waals surface area contributed by atoms with Crippen LogP contribution in [0.3, 0.4) is 0 Å². The Bertz CT molecular complexity index is 650. The van der Waals surface area contributed by atoms with Gasteiger partial charge in [0.2, 0.25) is 0 Å². The Morgan fingerprint density at radius 1 is 1.52 bits per heavy atom. The van der Waals surface area contributed by atoms with Gasteiger partial charge in [-0.3, -0.25) is 9.59 Å². The number of hydrogen-bond acceptors (Lipinski definition) is 6. The Kier molecular flexibility index (Phi) is 4.52. The van der Waals surface area contributed by atoms with E-state index in [0.717, 1.165) is 16.2 Å². The van der Waals surface area contributed by atoms with Crippen LogP contribution in [0.5, 0.6) is 5.75 Å². The van der Waals surface area contributed by atoms with Gasteiger partial charge in [-0.05, 0) is 6.42 Å². The van der Waals surface area contributed by atoms with Gasteiger partial charge in [-0.15, -0.1) is 11.3 Å². The summed E-state index contributed by atoms with van der Waals surface area (Å²) in [5, 5.41) is 10.6. The van der Waals surface area contributed by atoms with Gasteiger partial charge in [-0.2, -0.15) is 0 Å². The van der Waals surface area contributed by atoms with Crippen molar-refractivity contribution in [2.45, 2.75) is 12.5 Å². The molecule has 1 aliphatic rings. The molecule has 0 spiro atoms. The van der Waals surface area contributed by atoms with Gasteiger partial charge < -0.3 is 14.7 Å². The number of carboxylic acid groups (broad SMARTS) is 1. The number of aliphatic carboxylic acids is 1. The molecule has 1 fully saturated rings. The van der Waals surface area contributed by atoms with E-state index >= 15 is 0 Å². The Morgan fingerprint density at radius 3 is 2.71 bits per heavy atom. The fourth-order valence-electron chi connectivity index (χ4n) is 2.21. The van der Waals surface area contributed by atoms with Gasteiger partial charge in [-0.1, -0.05) is 0 Å². The Balaban J connectivity index is 2.23. The smallest absolute Gasteiger partial charge is 0.323 e. The van der Waals surface area contributed by atoms with Crippen LogP contribution in [0.4, 0.5) is 0 Å². The Labute approximate surface area is 126 Å². The molecule has 1 aromatic rings. The lowest BCUT2D eigenvalue weighted by Gasteiger charge is -2.25. The molecule has 1 unspecified atom stereocenters. The number of sulfone groups is 1. The number of carbonyl (C=O) groups excluding carboxylic acids is 1. The van der Waals surface area contributed by atoms with E-state index in [9.17, 15) is 18.0 Å². The normalized spacial score (nSPS) is 20.1. The van der Waals surface area contributed by atoms with E-state index in [4.69, 9.17) is 9.84 Å². The van der Waals surface area contributed by atoms with Gasteiger partial charge in [0.15, 0.2) is 9.84 Å². The molecule has 0 saturated carbocycles. The summed E-state index contributed by atoms with van der Waals surface area (Å²) in [7, 11) is -1.73. The lowest BCUT2D eigenvalue weighted by atomic mass is 10.2. The summed E-state index contributed by atoms with van der Waals surface area (Å²) in [5.74, 6) is -1.34. The second-order valence-corrected chi connectivity index (χ2v) is 7.87. The summed E-state index contributed by atoms with van der Waals surface area (Å²) in [6.45, 7) is -0.515. The van der Waals surface area contributed by atoms with Crippen molar-refractivity contribution in [3.8, 4) is 5.75 Å². The van der Waals surface area contributed by atoms with Crippen LogP contribution in [0, 0.1) is 0 Å². The highest BCUT2D eigenvalue weighted by atomic mass is 32.2. The van der Waals surface area contributed by atoms with Crippen LogP contribution in [-0.2, 0) is 14.6 Å². The lowest BCUT2D eigenvalue weighted by Crippen LogP contribution is -2.43. The van der Waals surface area contributed by atoms with E-state index in [0.29, 0.717) is 10.6 Å². The topological polar surface area (TPSA) is 101 Å². The number of ether oxygens (including phenoxy) is 1. The van der Waals surface area contributed by atoms with Crippen molar-refractivity contribution in [1.29, 1.82) is 0 Å². The zero-order valence-electron chi connectivity index (χ0n) is 11.3. The maximum atomic E-state index is 12.4. The minimum absolute atomic E-state index is 0.0190. The molecule has 2 rings (SSSR count). The average Bonchev–Trinajstić information content (AvgIpc) is 3.01. The Morgan fingerprint density at radius 2 is 2.24 bits per heavy atom. The molecule has 0 aromatic carbocycles. The van der Waals surface area contributed by atoms with Crippen LogP contribution in [0.1, 0.15) is 16.1 Å². The molecule has 116 valence electrons. The average molecular weight is 333 g/mol. The molecule has 1 aromatic heterocycles. The van der Waals surface area contributed by atoms with Gasteiger partial charge in [0, 0.05) is 17.5 Å². The Hall–Kier alpha value is -1.61. The number of carbonyl (C=O) groups is 2. The predicted molar refractivity (Wildman–Crippen MR) is 76.6 cm³/mol. The van der Waals surface area contributed by atoms with Gasteiger partial charge >= 0.3 is 5.97 Å². The van der Waals surface area contributed by atoms with E-state index in [2.05, 4.69) is 0 Å². The lowest BCUT2D eigenvalue weighted by molar-refractivity contribution is -0.138. The third-order valence-electron chi connectivity index (χ3n) is 3.24. The largest absolute Gasteiger partial charge is 0.496 e. The zero-order chi connectivity index (χ0) is 15.6. The minimum atomic E-state index is -3.20. The van der Waals surface area contributed by atoms with Gasteiger partial charge in [0.25, 0.3) is 5.91 Å². The fourth-order valence-corrected chi connectivity index (χ4v) is 4.75. The molecule has 1 saturated heterocycles. The molecular formula is C12H15NO6S2. The number of methoxy groups -OCH3 is 1. The molecule has 9 heteroatoms. The van der Waals surface area contributed by atoms with Crippen molar-refractivity contribution < 1.29 is 27.9 Å². The van der Waals surface area contributed by atoms with Crippen molar-refractivity contribution in [3.63, 3.8) is 0 Å². The third-order valence-corrected chi connectivity index (χ3v) is 5.88. The van der Waals surface area contributed by atoms with Crippen LogP contribution in [0.15, 0.2) is 11.4 Å². The quantitative estimate of drug-likeness (QED) is 0.840. The molecule has 2 heterocycles. The zero-order valence-corrected chi connectivity index (χ0v) is 12.9. The van der Waals surface area contributed by atoms with E-state index in [1.165, 1.54) is 13.2 Å². The summed E-state index contributed by atoms with van der Waals surface area (Å²) >= 11 is 1.14. The molecule has 0 radical (unpaired) electrons. The van der Waals surface area contributed by atoms with Crippen LogP contribution < -0.4 is 4.74 Å². The summed E-state index contributed by atoms with van der Waals surface area (Å²) in [4.78, 5) is 24.8. The van der Waals surface area contributed by atoms with Gasteiger partial charge in [0.1, 0.15) is 12.3 Å². The van der Waals surface area contributed by atoms with Crippen LogP contribution in [-0.4, -0.2) is 61.5 Å². The summed E-state index contributed by atoms with van der Waals surface area (Å²) in [5.41, 5.74) is 0. The molecule has 1 atom stereocenters. The molecular weight excluding hydrogens is 318 g/mol. The number of amides is 1. The first-order valence-electron chi connectivity index (χ1n) is 6.18. The van der Waals surface area contributed by atoms with Gasteiger partial charge in [0.05, 0.1) is 23.5 Å². The summed E-state index contributed by atoms with van der Waals surface area (Å²) in [6, 6.07) is 0.928. The van der Waals surface area contributed by atoms with Crippen LogP contribution >= 0.6 is 11.3 Å². The maximum absolute atomic E-state index is 12.4. The fraction of sp³-hybridized carbons (Fsp3) is 0.500. The van der Waals surface area contributed by atoms with Gasteiger partial charge in [-0.25, -0.2) is 8.42 Å². The SMILES string of the molecule is COc1csc(C(=O)N(CC(=O)O)C2CCS(=O)(=O)C2)c1. The molecule has 21 heavy (non-hydrogen) atoms. The summed E-state index contributed by atoms with van der Waals surface area (Å²) < 4.78 is 28.1. The molecule has 0 aliphatic carbocycles. The first-order valence-corrected chi connectivity index (χ1v) is 8.88. The number of hydrogen-bond donors (Lipinski definition) is 1. The summed E-state index contributed by atoms with van der Waals surface area (Å²) in [6.07, 6.45) is 0.268. The maximum Gasteiger partial charge on any atom is 0.323 e. The van der Waals surface area contributed by atoms with E-state index in [1.54, 1.807) is 5.38 Å². The highest BCUT2D eigenvalue weighted by Crippen LogP contribution is 2.25. The second kappa shape index (κ2) is 6.02. The molecule has 0 bridgehead atoms. The standard InChI is InChI=1S/C12H15NO6S2/c1-19-9-4-10(20-6-9)12(16)13(5-11(14)15)8-2-3-21(17,18)7-8/h4,6,8H,2-3,5,7H2,1H3,(H,14,15). The molecule has 1 amide bonds. The van der Waals surface area contributed by atoms with E-state index < -0.39 is 34.3 Å². The first kappa shape index (κ1) is 15.8.